The number of hydrogen-bond acceptors (Lipinski definition) is 2. The molecule has 0 radical (unpaired) electrons. The van der Waals surface area contributed by atoms with E-state index in [4.69, 9.17) is 4.74 Å². The van der Waals surface area contributed by atoms with Crippen LogP contribution in [-0.4, -0.2) is 36.0 Å². The maximum atomic E-state index is 13.7. The number of morpholine rings is 1. The van der Waals surface area contributed by atoms with Gasteiger partial charge in [0.2, 0.25) is 0 Å². The van der Waals surface area contributed by atoms with Crippen LogP contribution in [0.5, 0.6) is 0 Å². The van der Waals surface area contributed by atoms with Gasteiger partial charge < -0.3 is 4.74 Å². The molecule has 0 N–H and O–H groups in total. The Bertz CT molecular complexity index is 389. The van der Waals surface area contributed by atoms with Gasteiger partial charge in [0.05, 0.1) is 12.7 Å². The second-order valence-electron chi connectivity index (χ2n) is 4.12. The van der Waals surface area contributed by atoms with E-state index in [1.54, 1.807) is 0 Å². The van der Waals surface area contributed by atoms with Crippen molar-refractivity contribution in [2.45, 2.75) is 12.6 Å². The molecule has 1 unspecified atom stereocenters. The summed E-state index contributed by atoms with van der Waals surface area (Å²) in [6.07, 6.45) is 0.210. The number of hydrogen-bond donors (Lipinski definition) is 0. The Balaban J connectivity index is 2.00. The molecule has 0 bridgehead atoms. The highest BCUT2D eigenvalue weighted by Gasteiger charge is 2.20. The minimum atomic E-state index is -0.152. The van der Waals surface area contributed by atoms with Crippen LogP contribution >= 0.6 is 31.9 Å². The molecule has 1 aromatic carbocycles. The Morgan fingerprint density at radius 2 is 2.29 bits per heavy atom. The highest BCUT2D eigenvalue weighted by molar-refractivity contribution is 9.10. The smallest absolute Gasteiger partial charge is 0.128 e. The van der Waals surface area contributed by atoms with E-state index in [-0.39, 0.29) is 11.9 Å². The summed E-state index contributed by atoms with van der Waals surface area (Å²) < 4.78 is 20.0. The Morgan fingerprint density at radius 3 is 3.00 bits per heavy atom. The second kappa shape index (κ2) is 6.27. The molecule has 0 saturated carbocycles. The van der Waals surface area contributed by atoms with E-state index in [1.807, 2.05) is 12.1 Å². The molecule has 1 aliphatic rings. The van der Waals surface area contributed by atoms with Crippen LogP contribution in [-0.2, 0) is 11.3 Å². The summed E-state index contributed by atoms with van der Waals surface area (Å²) in [4.78, 5) is 2.22. The van der Waals surface area contributed by atoms with Crippen molar-refractivity contribution in [3.63, 3.8) is 0 Å². The molecular weight excluding hydrogens is 353 g/mol. The zero-order chi connectivity index (χ0) is 12.3. The molecule has 0 amide bonds. The Hall–Kier alpha value is 0.0300. The lowest BCUT2D eigenvalue weighted by Gasteiger charge is -2.32. The Kier molecular flexibility index (Phi) is 4.97. The third kappa shape index (κ3) is 3.74. The SMILES string of the molecule is Fc1cc(Br)ccc1CN1CCOC(CBr)C1. The van der Waals surface area contributed by atoms with E-state index in [2.05, 4.69) is 36.8 Å². The standard InChI is InChI=1S/C12H14Br2FNO/c13-6-11-8-16(3-4-17-11)7-9-1-2-10(14)5-12(9)15/h1-2,5,11H,3-4,6-8H2. The zero-order valence-electron chi connectivity index (χ0n) is 9.33. The number of benzene rings is 1. The van der Waals surface area contributed by atoms with Crippen molar-refractivity contribution in [2.24, 2.45) is 0 Å². The molecule has 2 rings (SSSR count). The summed E-state index contributed by atoms with van der Waals surface area (Å²) in [6, 6.07) is 5.22. The van der Waals surface area contributed by atoms with E-state index >= 15 is 0 Å². The molecular formula is C12H14Br2FNO. The van der Waals surface area contributed by atoms with Gasteiger partial charge in [-0.1, -0.05) is 37.9 Å². The van der Waals surface area contributed by atoms with Crippen molar-refractivity contribution in [1.82, 2.24) is 4.90 Å². The number of alkyl halides is 1. The quantitative estimate of drug-likeness (QED) is 0.762. The Morgan fingerprint density at radius 1 is 1.47 bits per heavy atom. The van der Waals surface area contributed by atoms with Crippen LogP contribution in [0.1, 0.15) is 5.56 Å². The molecule has 0 spiro atoms. The molecule has 1 saturated heterocycles. The minimum absolute atomic E-state index is 0.152. The van der Waals surface area contributed by atoms with E-state index < -0.39 is 0 Å². The summed E-state index contributed by atoms with van der Waals surface area (Å²) in [5, 5.41) is 0.826. The molecule has 5 heteroatoms. The van der Waals surface area contributed by atoms with Gasteiger partial charge in [0.15, 0.2) is 0 Å². The molecule has 0 aromatic heterocycles. The van der Waals surface area contributed by atoms with Crippen LogP contribution in [0, 0.1) is 5.82 Å². The van der Waals surface area contributed by atoms with Crippen LogP contribution in [0.3, 0.4) is 0 Å². The zero-order valence-corrected chi connectivity index (χ0v) is 12.5. The average Bonchev–Trinajstić information content (AvgIpc) is 2.33. The van der Waals surface area contributed by atoms with Crippen LogP contribution in [0.25, 0.3) is 0 Å². The van der Waals surface area contributed by atoms with Crippen LogP contribution in [0.15, 0.2) is 22.7 Å². The van der Waals surface area contributed by atoms with E-state index in [1.165, 1.54) is 6.07 Å². The largest absolute Gasteiger partial charge is 0.375 e. The molecule has 1 aliphatic heterocycles. The predicted molar refractivity (Wildman–Crippen MR) is 72.9 cm³/mol. The second-order valence-corrected chi connectivity index (χ2v) is 5.68. The summed E-state index contributed by atoms with van der Waals surface area (Å²) in [5.41, 5.74) is 0.739. The van der Waals surface area contributed by atoms with E-state index in [0.29, 0.717) is 13.2 Å². The highest BCUT2D eigenvalue weighted by atomic mass is 79.9. The number of ether oxygens (including phenoxy) is 1. The number of nitrogens with zero attached hydrogens (tertiary/aromatic N) is 1. The fourth-order valence-corrected chi connectivity index (χ4v) is 2.63. The maximum Gasteiger partial charge on any atom is 0.128 e. The topological polar surface area (TPSA) is 12.5 Å². The first-order chi connectivity index (χ1) is 8.19. The van der Waals surface area contributed by atoms with Crippen molar-refractivity contribution in [3.8, 4) is 0 Å². The van der Waals surface area contributed by atoms with Gasteiger partial charge in [0.25, 0.3) is 0 Å². The van der Waals surface area contributed by atoms with Crippen molar-refractivity contribution < 1.29 is 9.13 Å². The van der Waals surface area contributed by atoms with E-state index in [0.717, 1.165) is 28.5 Å². The molecule has 0 aliphatic carbocycles. The van der Waals surface area contributed by atoms with E-state index in [9.17, 15) is 4.39 Å². The lowest BCUT2D eigenvalue weighted by molar-refractivity contribution is -0.0184. The fourth-order valence-electron chi connectivity index (χ4n) is 1.91. The first kappa shape index (κ1) is 13.5. The molecule has 1 fully saturated rings. The minimum Gasteiger partial charge on any atom is -0.375 e. The predicted octanol–water partition coefficient (Wildman–Crippen LogP) is 3.18. The molecule has 1 aromatic rings. The van der Waals surface area contributed by atoms with Gasteiger partial charge >= 0.3 is 0 Å². The number of rotatable bonds is 3. The molecule has 17 heavy (non-hydrogen) atoms. The summed E-state index contributed by atoms with van der Waals surface area (Å²) in [7, 11) is 0. The normalized spacial score (nSPS) is 21.7. The molecule has 2 nitrogen and oxygen atoms in total. The van der Waals surface area contributed by atoms with Gasteiger partial charge in [-0.15, -0.1) is 0 Å². The van der Waals surface area contributed by atoms with Gasteiger partial charge in [-0.3, -0.25) is 4.90 Å². The lowest BCUT2D eigenvalue weighted by Crippen LogP contribution is -2.42. The molecule has 1 heterocycles. The van der Waals surface area contributed by atoms with Gasteiger partial charge in [0, 0.05) is 35.0 Å². The average molecular weight is 367 g/mol. The third-order valence-corrected chi connectivity index (χ3v) is 4.02. The van der Waals surface area contributed by atoms with Crippen molar-refractivity contribution in [1.29, 1.82) is 0 Å². The molecule has 1 atom stereocenters. The number of halogens is 3. The first-order valence-corrected chi connectivity index (χ1v) is 7.44. The van der Waals surface area contributed by atoms with Gasteiger partial charge in [-0.05, 0) is 12.1 Å². The van der Waals surface area contributed by atoms with Crippen LogP contribution in [0.4, 0.5) is 4.39 Å². The summed E-state index contributed by atoms with van der Waals surface area (Å²) in [6.45, 7) is 3.07. The van der Waals surface area contributed by atoms with Gasteiger partial charge in [-0.2, -0.15) is 0 Å². The molecule has 94 valence electrons. The Labute approximate surface area is 117 Å². The fraction of sp³-hybridized carbons (Fsp3) is 0.500. The first-order valence-electron chi connectivity index (χ1n) is 5.53. The van der Waals surface area contributed by atoms with Crippen molar-refractivity contribution in [2.75, 3.05) is 25.0 Å². The summed E-state index contributed by atoms with van der Waals surface area (Å²) in [5.74, 6) is -0.152. The van der Waals surface area contributed by atoms with Gasteiger partial charge in [-0.25, -0.2) is 4.39 Å². The van der Waals surface area contributed by atoms with Crippen molar-refractivity contribution in [3.05, 3.63) is 34.1 Å². The van der Waals surface area contributed by atoms with Crippen molar-refractivity contribution >= 4 is 31.9 Å². The maximum absolute atomic E-state index is 13.7. The summed E-state index contributed by atoms with van der Waals surface area (Å²) >= 11 is 6.68. The highest BCUT2D eigenvalue weighted by Crippen LogP contribution is 2.18. The monoisotopic (exact) mass is 365 g/mol. The van der Waals surface area contributed by atoms with Gasteiger partial charge in [0.1, 0.15) is 5.82 Å². The van der Waals surface area contributed by atoms with Crippen LogP contribution in [0.2, 0.25) is 0 Å². The lowest BCUT2D eigenvalue weighted by atomic mass is 10.2. The van der Waals surface area contributed by atoms with Crippen LogP contribution < -0.4 is 0 Å². The third-order valence-electron chi connectivity index (χ3n) is 2.80.